The summed E-state index contributed by atoms with van der Waals surface area (Å²) in [5.74, 6) is 4.75. The van der Waals surface area contributed by atoms with Gasteiger partial charge in [0.25, 0.3) is 0 Å². The van der Waals surface area contributed by atoms with Gasteiger partial charge < -0.3 is 0 Å². The third kappa shape index (κ3) is 12.2. The molecule has 0 saturated heterocycles. The molecule has 0 spiro atoms. The third-order valence-electron chi connectivity index (χ3n) is 12.2. The van der Waals surface area contributed by atoms with Crippen molar-refractivity contribution in [3.63, 3.8) is 0 Å². The average molecular weight is 942 g/mol. The Labute approximate surface area is 346 Å². The van der Waals surface area contributed by atoms with E-state index in [1.807, 2.05) is 60.7 Å². The molecule has 0 radical (unpaired) electrons. The van der Waals surface area contributed by atoms with Crippen LogP contribution < -0.4 is 0 Å². The van der Waals surface area contributed by atoms with E-state index >= 15 is 0 Å². The van der Waals surface area contributed by atoms with Crippen LogP contribution >= 0.6 is 14.4 Å². The van der Waals surface area contributed by atoms with E-state index < -0.39 is 18.9 Å². The first-order valence-electron chi connectivity index (χ1n) is 21.3. The largest absolute Gasteiger partial charge is 0.199 e. The fraction of sp³-hybridized carbons (Fsp3) is 0.480. The van der Waals surface area contributed by atoms with Gasteiger partial charge in [0.2, 0.25) is 0 Å². The quantitative estimate of drug-likeness (QED) is 0.149. The summed E-state index contributed by atoms with van der Waals surface area (Å²) in [5.41, 5.74) is 9.94. The second-order valence-electron chi connectivity index (χ2n) is 16.7. The maximum Gasteiger partial charge on any atom is -0.0866 e. The molecule has 2 N–H and O–H groups in total. The van der Waals surface area contributed by atoms with E-state index in [1.54, 1.807) is 0 Å². The van der Waals surface area contributed by atoms with Gasteiger partial charge in [0.15, 0.2) is 0 Å². The van der Waals surface area contributed by atoms with E-state index in [0.29, 0.717) is 37.7 Å². The molecule has 3 saturated carbocycles. The van der Waals surface area contributed by atoms with Crippen LogP contribution in [0.5, 0.6) is 11.5 Å². The summed E-state index contributed by atoms with van der Waals surface area (Å²) in [6.07, 6.45) is 21.4. The predicted octanol–water partition coefficient (Wildman–Crippen LogP) is 14.8. The average Bonchev–Trinajstić information content (AvgIpc) is 3.49. The number of aryl methyl sites for hydroxylation is 2. The second-order valence-corrected chi connectivity index (χ2v) is 37.5. The molecule has 4 atom stereocenters. The van der Waals surface area contributed by atoms with Crippen molar-refractivity contribution in [2.75, 3.05) is 0 Å². The molecule has 3 aliphatic carbocycles. The summed E-state index contributed by atoms with van der Waals surface area (Å²) in [4.78, 5) is 0. The Bertz CT molecular complexity index is 1750. The molecule has 4 aliphatic rings. The molecular formula is C50H66HfO2S2-2. The molecule has 0 aromatic heterocycles. The van der Waals surface area contributed by atoms with Crippen LogP contribution in [0.4, 0.5) is 0 Å². The van der Waals surface area contributed by atoms with Gasteiger partial charge in [-0.1, -0.05) is 12.1 Å². The summed E-state index contributed by atoms with van der Waals surface area (Å²) >= 11 is -0.965. The van der Waals surface area contributed by atoms with E-state index in [1.165, 1.54) is 136 Å². The van der Waals surface area contributed by atoms with Crippen LogP contribution in [0.15, 0.2) is 84.9 Å². The number of hydrogen-bond acceptors (Lipinski definition) is 2. The van der Waals surface area contributed by atoms with Gasteiger partial charge in [-0.3, -0.25) is 0 Å². The molecule has 1 aliphatic heterocycles. The van der Waals surface area contributed by atoms with Gasteiger partial charge in [0, 0.05) is 0 Å². The summed E-state index contributed by atoms with van der Waals surface area (Å²) in [7, 11) is 0.989. The molecule has 0 bridgehead atoms. The van der Waals surface area contributed by atoms with Gasteiger partial charge in [0.1, 0.15) is 0 Å². The van der Waals surface area contributed by atoms with E-state index in [9.17, 15) is 10.2 Å². The van der Waals surface area contributed by atoms with Crippen molar-refractivity contribution in [2.45, 2.75) is 150 Å². The fourth-order valence-corrected chi connectivity index (χ4v) is 48.4. The SMILES string of the molecule is Cc1cc(C[S]2=[Hf]=[S@@](Cc3cc(C)cc(C4CCCCC4)c3O)C3CCCCCC[C@@H]32)c(O)c(C2CCCCC2)c1.[CH2-]c1ccccc1.[CH2-]c1ccccc1. The van der Waals surface area contributed by atoms with Crippen molar-refractivity contribution >= 4 is 14.4 Å². The number of phenolic OH excluding ortho intramolecular Hbond substituents is 2. The molecule has 296 valence electrons. The first-order valence-corrected chi connectivity index (χ1v) is 33.0. The molecule has 55 heavy (non-hydrogen) atoms. The van der Waals surface area contributed by atoms with Gasteiger partial charge in [0.05, 0.1) is 0 Å². The number of hydrogen-bond donors (Lipinski definition) is 2. The Hall–Kier alpha value is -2.21. The van der Waals surface area contributed by atoms with E-state index in [0.717, 1.165) is 33.1 Å². The minimum atomic E-state index is -0.965. The van der Waals surface area contributed by atoms with Crippen molar-refractivity contribution in [1.82, 2.24) is 0 Å². The maximum atomic E-state index is 11.6. The monoisotopic (exact) mass is 942 g/mol. The van der Waals surface area contributed by atoms with Crippen LogP contribution in [0, 0.1) is 27.7 Å². The molecule has 5 heteroatoms. The Morgan fingerprint density at radius 2 is 0.855 bits per heavy atom. The summed E-state index contributed by atoms with van der Waals surface area (Å²) in [5, 5.41) is 25.0. The molecule has 2 unspecified atom stereocenters. The Morgan fingerprint density at radius 3 is 1.20 bits per heavy atom. The number of benzene rings is 4. The molecule has 4 aromatic carbocycles. The minimum absolute atomic E-state index is 0.494. The first-order chi connectivity index (χ1) is 26.8. The van der Waals surface area contributed by atoms with Crippen LogP contribution in [0.2, 0.25) is 0 Å². The van der Waals surface area contributed by atoms with Crippen molar-refractivity contribution in [3.05, 3.63) is 143 Å². The van der Waals surface area contributed by atoms with Crippen molar-refractivity contribution in [1.29, 1.82) is 0 Å². The standard InChI is InChI=1S/C36H52O2S2.2C7H7.Hf/c1-25-19-29(35(37)31(21-25)27-13-7-5-8-14-27)23-39-33-17-11-3-4-12-18-34(33)40-24-30-20-26(2)22-32(36(30)38)28-15-9-6-10-16-28;2*1-7-5-3-2-4-6-7;/h19-22,27-28,33-34,37-38H,3-18,23-24H2,1-2H3;2*2-6H,1H2;/q;2*-1;/t33-,34?;;;/m0.../s1. The van der Waals surface area contributed by atoms with E-state index in [4.69, 9.17) is 0 Å². The van der Waals surface area contributed by atoms with Crippen LogP contribution in [-0.2, 0) is 30.4 Å². The van der Waals surface area contributed by atoms with Crippen LogP contribution in [0.1, 0.15) is 159 Å². The van der Waals surface area contributed by atoms with Crippen LogP contribution in [0.25, 0.3) is 0 Å². The topological polar surface area (TPSA) is 40.5 Å². The van der Waals surface area contributed by atoms with Crippen molar-refractivity contribution < 1.29 is 29.1 Å². The third-order valence-corrected chi connectivity index (χ3v) is 41.4. The van der Waals surface area contributed by atoms with Gasteiger partial charge in [-0.25, -0.2) is 0 Å². The maximum absolute atomic E-state index is 11.6. The van der Waals surface area contributed by atoms with Gasteiger partial charge >= 0.3 is 263 Å². The molecule has 0 amide bonds. The number of aromatic hydroxyl groups is 2. The minimum Gasteiger partial charge on any atom is -0.199 e. The van der Waals surface area contributed by atoms with E-state index in [2.05, 4.69) is 52.0 Å². The zero-order valence-electron chi connectivity index (χ0n) is 33.7. The molecule has 2 nitrogen and oxygen atoms in total. The van der Waals surface area contributed by atoms with E-state index in [-0.39, 0.29) is 0 Å². The van der Waals surface area contributed by atoms with Gasteiger partial charge in [-0.2, -0.15) is 49.2 Å². The molecular weight excluding hydrogens is 875 g/mol. The molecule has 1 heterocycles. The van der Waals surface area contributed by atoms with Crippen LogP contribution in [0.3, 0.4) is 0 Å². The Kier molecular flexibility index (Phi) is 16.6. The van der Waals surface area contributed by atoms with Gasteiger partial charge in [-0.15, -0.1) is 24.3 Å². The zero-order chi connectivity index (χ0) is 38.6. The summed E-state index contributed by atoms with van der Waals surface area (Å²) < 4.78 is 0. The molecule has 3 fully saturated rings. The summed E-state index contributed by atoms with van der Waals surface area (Å²) in [6.45, 7) is 11.9. The predicted molar refractivity (Wildman–Crippen MR) is 237 cm³/mol. The first kappa shape index (κ1) is 42.4. The fourth-order valence-electron chi connectivity index (χ4n) is 9.33. The Morgan fingerprint density at radius 1 is 0.509 bits per heavy atom. The zero-order valence-corrected chi connectivity index (χ0v) is 39.0. The number of rotatable bonds is 6. The summed E-state index contributed by atoms with van der Waals surface area (Å²) in [6, 6.07) is 29.0. The number of fused-ring (bicyclic) bond motifs is 1. The normalized spacial score (nSPS) is 22.9. The van der Waals surface area contributed by atoms with Crippen LogP contribution in [-0.4, -0.2) is 20.7 Å². The second kappa shape index (κ2) is 21.5. The molecule has 4 aromatic rings. The Balaban J connectivity index is 0.000000307. The van der Waals surface area contributed by atoms with Gasteiger partial charge in [-0.05, 0) is 0 Å². The molecule has 8 rings (SSSR count). The smallest absolute Gasteiger partial charge is 0.0866 e. The van der Waals surface area contributed by atoms with Crippen molar-refractivity contribution in [2.24, 2.45) is 0 Å². The number of phenols is 2. The van der Waals surface area contributed by atoms with Crippen molar-refractivity contribution in [3.8, 4) is 11.5 Å².